The number of nitrogens with two attached hydrogens (primary N) is 1. The third-order valence-electron chi connectivity index (χ3n) is 3.12. The van der Waals surface area contributed by atoms with Crippen molar-refractivity contribution in [3.63, 3.8) is 0 Å². The molecule has 1 fully saturated rings. The summed E-state index contributed by atoms with van der Waals surface area (Å²) in [5.41, 5.74) is 7.62. The highest BCUT2D eigenvalue weighted by molar-refractivity contribution is 5.68. The van der Waals surface area contributed by atoms with Gasteiger partial charge in [-0.2, -0.15) is 0 Å². The number of methoxy groups -OCH3 is 1. The second-order valence-corrected chi connectivity index (χ2v) is 4.34. The van der Waals surface area contributed by atoms with Gasteiger partial charge in [0.05, 0.1) is 24.6 Å². The molecular formula is C13H20N2O2. The standard InChI is InChI=1S/C13H20N2O2/c1-3-17-11-6-9(7-11)15-13-8-10(16-2)4-5-12(13)14/h4-5,8-9,11,15H,3,6-7,14H2,1-2H3. The summed E-state index contributed by atoms with van der Waals surface area (Å²) in [6.45, 7) is 2.82. The van der Waals surface area contributed by atoms with Crippen LogP contribution in [0.1, 0.15) is 19.8 Å². The molecule has 1 aliphatic carbocycles. The van der Waals surface area contributed by atoms with Crippen LogP contribution in [0.5, 0.6) is 5.75 Å². The Morgan fingerprint density at radius 1 is 1.41 bits per heavy atom. The zero-order chi connectivity index (χ0) is 12.3. The maximum absolute atomic E-state index is 5.92. The SMILES string of the molecule is CCOC1CC(Nc2cc(OC)ccc2N)C1. The molecule has 0 unspecified atom stereocenters. The molecular weight excluding hydrogens is 216 g/mol. The van der Waals surface area contributed by atoms with Gasteiger partial charge in [-0.25, -0.2) is 0 Å². The highest BCUT2D eigenvalue weighted by atomic mass is 16.5. The molecule has 0 spiro atoms. The van der Waals surface area contributed by atoms with Crippen LogP contribution in [-0.2, 0) is 4.74 Å². The zero-order valence-electron chi connectivity index (χ0n) is 10.4. The average molecular weight is 236 g/mol. The van der Waals surface area contributed by atoms with Gasteiger partial charge in [0.2, 0.25) is 0 Å². The number of nitrogens with one attached hydrogen (secondary N) is 1. The fourth-order valence-corrected chi connectivity index (χ4v) is 2.06. The van der Waals surface area contributed by atoms with E-state index in [2.05, 4.69) is 5.32 Å². The molecule has 4 nitrogen and oxygen atoms in total. The lowest BCUT2D eigenvalue weighted by molar-refractivity contribution is 0.00300. The molecule has 0 heterocycles. The summed E-state index contributed by atoms with van der Waals surface area (Å²) in [6, 6.07) is 6.12. The predicted molar refractivity (Wildman–Crippen MR) is 69.5 cm³/mol. The summed E-state index contributed by atoms with van der Waals surface area (Å²) in [5, 5.41) is 3.42. The topological polar surface area (TPSA) is 56.5 Å². The Morgan fingerprint density at radius 3 is 2.82 bits per heavy atom. The number of hydrogen-bond donors (Lipinski definition) is 2. The molecule has 1 aromatic rings. The summed E-state index contributed by atoms with van der Waals surface area (Å²) < 4.78 is 10.7. The van der Waals surface area contributed by atoms with Crippen molar-refractivity contribution in [1.82, 2.24) is 0 Å². The summed E-state index contributed by atoms with van der Waals surface area (Å²) in [4.78, 5) is 0. The van der Waals surface area contributed by atoms with E-state index in [1.54, 1.807) is 7.11 Å². The monoisotopic (exact) mass is 236 g/mol. The van der Waals surface area contributed by atoms with Gasteiger partial charge in [0, 0.05) is 18.7 Å². The largest absolute Gasteiger partial charge is 0.497 e. The lowest BCUT2D eigenvalue weighted by Crippen LogP contribution is -2.40. The van der Waals surface area contributed by atoms with Gasteiger partial charge in [-0.1, -0.05) is 0 Å². The first kappa shape index (κ1) is 12.0. The van der Waals surface area contributed by atoms with Gasteiger partial charge >= 0.3 is 0 Å². The normalized spacial score (nSPS) is 22.9. The highest BCUT2D eigenvalue weighted by Crippen LogP contribution is 2.31. The van der Waals surface area contributed by atoms with Crippen molar-refractivity contribution >= 4 is 11.4 Å². The van der Waals surface area contributed by atoms with E-state index in [9.17, 15) is 0 Å². The molecule has 1 aliphatic rings. The van der Waals surface area contributed by atoms with Crippen molar-refractivity contribution in [2.45, 2.75) is 31.9 Å². The Balaban J connectivity index is 1.91. The van der Waals surface area contributed by atoms with Crippen LogP contribution in [0.15, 0.2) is 18.2 Å². The molecule has 0 radical (unpaired) electrons. The van der Waals surface area contributed by atoms with Crippen LogP contribution in [0, 0.1) is 0 Å². The first-order chi connectivity index (χ1) is 8.22. The lowest BCUT2D eigenvalue weighted by Gasteiger charge is -2.36. The molecule has 17 heavy (non-hydrogen) atoms. The molecule has 2 rings (SSSR count). The smallest absolute Gasteiger partial charge is 0.121 e. The second-order valence-electron chi connectivity index (χ2n) is 4.34. The molecule has 0 aliphatic heterocycles. The van der Waals surface area contributed by atoms with E-state index in [1.165, 1.54) is 0 Å². The van der Waals surface area contributed by atoms with E-state index in [1.807, 2.05) is 25.1 Å². The minimum Gasteiger partial charge on any atom is -0.497 e. The molecule has 0 bridgehead atoms. The minimum atomic E-state index is 0.407. The van der Waals surface area contributed by atoms with E-state index < -0.39 is 0 Å². The highest BCUT2D eigenvalue weighted by Gasteiger charge is 2.29. The Bertz CT molecular complexity index is 376. The van der Waals surface area contributed by atoms with Crippen LogP contribution < -0.4 is 15.8 Å². The molecule has 0 aromatic heterocycles. The van der Waals surface area contributed by atoms with Crippen LogP contribution in [0.3, 0.4) is 0 Å². The second kappa shape index (κ2) is 5.27. The van der Waals surface area contributed by atoms with E-state index in [-0.39, 0.29) is 0 Å². The number of ether oxygens (including phenoxy) is 2. The quantitative estimate of drug-likeness (QED) is 0.770. The van der Waals surface area contributed by atoms with Crippen LogP contribution in [0.2, 0.25) is 0 Å². The molecule has 0 atom stereocenters. The van der Waals surface area contributed by atoms with Crippen molar-refractivity contribution in [1.29, 1.82) is 0 Å². The molecule has 4 heteroatoms. The van der Waals surface area contributed by atoms with E-state index >= 15 is 0 Å². The Hall–Kier alpha value is -1.42. The molecule has 1 aromatic carbocycles. The van der Waals surface area contributed by atoms with Gasteiger partial charge < -0.3 is 20.5 Å². The van der Waals surface area contributed by atoms with Crippen molar-refractivity contribution in [2.75, 3.05) is 24.8 Å². The molecule has 1 saturated carbocycles. The van der Waals surface area contributed by atoms with E-state index in [4.69, 9.17) is 15.2 Å². The summed E-state index contributed by atoms with van der Waals surface area (Å²) in [7, 11) is 1.66. The van der Waals surface area contributed by atoms with Gasteiger partial charge in [0.15, 0.2) is 0 Å². The van der Waals surface area contributed by atoms with Crippen LogP contribution in [0.4, 0.5) is 11.4 Å². The number of anilines is 2. The molecule has 0 amide bonds. The summed E-state index contributed by atoms with van der Waals surface area (Å²) in [6.07, 6.45) is 2.50. The van der Waals surface area contributed by atoms with Gasteiger partial charge in [0.1, 0.15) is 5.75 Å². The molecule has 3 N–H and O–H groups in total. The minimum absolute atomic E-state index is 0.407. The van der Waals surface area contributed by atoms with Crippen molar-refractivity contribution < 1.29 is 9.47 Å². The number of hydrogen-bond acceptors (Lipinski definition) is 4. The number of benzene rings is 1. The van der Waals surface area contributed by atoms with Gasteiger partial charge in [0.25, 0.3) is 0 Å². The average Bonchev–Trinajstić information content (AvgIpc) is 2.29. The fourth-order valence-electron chi connectivity index (χ4n) is 2.06. The third kappa shape index (κ3) is 2.82. The summed E-state index contributed by atoms with van der Waals surface area (Å²) in [5.74, 6) is 0.822. The lowest BCUT2D eigenvalue weighted by atomic mass is 9.89. The number of rotatable bonds is 5. The van der Waals surface area contributed by atoms with Crippen LogP contribution in [-0.4, -0.2) is 25.9 Å². The first-order valence-corrected chi connectivity index (χ1v) is 6.04. The predicted octanol–water partition coefficient (Wildman–Crippen LogP) is 2.26. The van der Waals surface area contributed by atoms with E-state index in [0.717, 1.165) is 36.6 Å². The fraction of sp³-hybridized carbons (Fsp3) is 0.538. The van der Waals surface area contributed by atoms with Gasteiger partial charge in [-0.3, -0.25) is 0 Å². The Kier molecular flexibility index (Phi) is 3.74. The number of nitrogen functional groups attached to an aromatic ring is 1. The van der Waals surface area contributed by atoms with Crippen molar-refractivity contribution in [3.8, 4) is 5.75 Å². The Labute approximate surface area is 102 Å². The first-order valence-electron chi connectivity index (χ1n) is 6.04. The Morgan fingerprint density at radius 2 is 2.18 bits per heavy atom. The maximum Gasteiger partial charge on any atom is 0.121 e. The van der Waals surface area contributed by atoms with Crippen molar-refractivity contribution in [2.24, 2.45) is 0 Å². The van der Waals surface area contributed by atoms with Crippen LogP contribution in [0.25, 0.3) is 0 Å². The third-order valence-corrected chi connectivity index (χ3v) is 3.12. The molecule has 94 valence electrons. The van der Waals surface area contributed by atoms with Gasteiger partial charge in [-0.15, -0.1) is 0 Å². The van der Waals surface area contributed by atoms with Gasteiger partial charge in [-0.05, 0) is 31.9 Å². The van der Waals surface area contributed by atoms with Crippen LogP contribution >= 0.6 is 0 Å². The molecule has 0 saturated heterocycles. The maximum atomic E-state index is 5.92. The summed E-state index contributed by atoms with van der Waals surface area (Å²) >= 11 is 0. The zero-order valence-corrected chi connectivity index (χ0v) is 10.4. The van der Waals surface area contributed by atoms with Crippen molar-refractivity contribution in [3.05, 3.63) is 18.2 Å². The van der Waals surface area contributed by atoms with E-state index in [0.29, 0.717) is 12.1 Å².